The van der Waals surface area contributed by atoms with Crippen molar-refractivity contribution in [2.75, 3.05) is 6.54 Å². The van der Waals surface area contributed by atoms with Gasteiger partial charge in [0.05, 0.1) is 6.04 Å². The van der Waals surface area contributed by atoms with Gasteiger partial charge in [-0.2, -0.15) is 0 Å². The lowest BCUT2D eigenvalue weighted by Gasteiger charge is -2.32. The smallest absolute Gasteiger partial charge is 0.226 e. The Morgan fingerprint density at radius 1 is 1.03 bits per heavy atom. The van der Waals surface area contributed by atoms with E-state index in [4.69, 9.17) is 0 Å². The largest absolute Gasteiger partial charge is 0.332 e. The summed E-state index contributed by atoms with van der Waals surface area (Å²) < 4.78 is 0. The number of hydrogen-bond donors (Lipinski definition) is 0. The van der Waals surface area contributed by atoms with Crippen LogP contribution < -0.4 is 0 Å². The van der Waals surface area contributed by atoms with Crippen LogP contribution in [0.3, 0.4) is 0 Å². The third-order valence-corrected chi connectivity index (χ3v) is 8.60. The highest BCUT2D eigenvalue weighted by Gasteiger charge is 2.69. The van der Waals surface area contributed by atoms with Crippen molar-refractivity contribution in [3.05, 3.63) is 12.7 Å². The fourth-order valence-corrected chi connectivity index (χ4v) is 6.29. The maximum atomic E-state index is 13.6. The first kappa shape index (κ1) is 25.8. The van der Waals surface area contributed by atoms with Crippen molar-refractivity contribution in [2.45, 2.75) is 104 Å². The summed E-state index contributed by atoms with van der Waals surface area (Å²) in [5, 5.41) is 0. The zero-order chi connectivity index (χ0) is 24.2. The molecule has 0 bridgehead atoms. The van der Waals surface area contributed by atoms with Crippen molar-refractivity contribution in [1.29, 1.82) is 0 Å². The van der Waals surface area contributed by atoms with Crippen LogP contribution in [0.5, 0.6) is 0 Å². The van der Waals surface area contributed by atoms with Gasteiger partial charge < -0.3 is 4.90 Å². The van der Waals surface area contributed by atoms with Gasteiger partial charge in [0.2, 0.25) is 11.7 Å². The standard InChI is InChI=1S/C28H43NO4/c1-5-6-16-22(30)26(32)20-15-13-11-9-7-8-10-12-14-19(2)27(33)29-18-21-24(28(21,3)4)25(29)23(31)17-20/h5,19-21,24-25H,1,6-18H2,2-4H3/t19-,20+,21-,24-,25+/m0/s1. The predicted molar refractivity (Wildman–Crippen MR) is 130 cm³/mol. The van der Waals surface area contributed by atoms with E-state index in [-0.39, 0.29) is 47.6 Å². The molecule has 5 nitrogen and oxygen atoms in total. The molecule has 0 N–H and O–H groups in total. The van der Waals surface area contributed by atoms with Crippen molar-refractivity contribution in [1.82, 2.24) is 4.90 Å². The van der Waals surface area contributed by atoms with Gasteiger partial charge in [-0.05, 0) is 36.5 Å². The van der Waals surface area contributed by atoms with E-state index in [9.17, 15) is 19.2 Å². The second kappa shape index (κ2) is 11.1. The van der Waals surface area contributed by atoms with Crippen molar-refractivity contribution in [2.24, 2.45) is 29.1 Å². The molecule has 3 fully saturated rings. The molecule has 33 heavy (non-hydrogen) atoms. The van der Waals surface area contributed by atoms with E-state index in [1.54, 1.807) is 6.08 Å². The van der Waals surface area contributed by atoms with Gasteiger partial charge in [0.1, 0.15) is 0 Å². The highest BCUT2D eigenvalue weighted by atomic mass is 16.2. The average Bonchev–Trinajstić information content (AvgIpc) is 3.12. The van der Waals surface area contributed by atoms with Crippen LogP contribution in [0.25, 0.3) is 0 Å². The van der Waals surface area contributed by atoms with Gasteiger partial charge in [0.15, 0.2) is 11.6 Å². The first-order chi connectivity index (χ1) is 15.7. The van der Waals surface area contributed by atoms with Gasteiger partial charge in [-0.15, -0.1) is 6.58 Å². The van der Waals surface area contributed by atoms with Crippen LogP contribution in [0.4, 0.5) is 0 Å². The number of rotatable bonds is 5. The number of hydrogen-bond acceptors (Lipinski definition) is 4. The Balaban J connectivity index is 1.80. The molecule has 5 atom stereocenters. The second-order valence-electron chi connectivity index (χ2n) is 11.3. The van der Waals surface area contributed by atoms with Gasteiger partial charge in [-0.25, -0.2) is 0 Å². The van der Waals surface area contributed by atoms with Crippen LogP contribution in [0, 0.1) is 29.1 Å². The summed E-state index contributed by atoms with van der Waals surface area (Å²) >= 11 is 0. The predicted octanol–water partition coefficient (Wildman–Crippen LogP) is 5.31. The Labute approximate surface area is 199 Å². The summed E-state index contributed by atoms with van der Waals surface area (Å²) in [4.78, 5) is 54.3. The summed E-state index contributed by atoms with van der Waals surface area (Å²) in [7, 11) is 0. The molecule has 2 heterocycles. The Kier molecular flexibility index (Phi) is 8.69. The van der Waals surface area contributed by atoms with Crippen LogP contribution in [0.15, 0.2) is 12.7 Å². The lowest BCUT2D eigenvalue weighted by atomic mass is 9.85. The summed E-state index contributed by atoms with van der Waals surface area (Å²) in [6.45, 7) is 10.6. The lowest BCUT2D eigenvalue weighted by molar-refractivity contribution is -0.144. The molecular formula is C28H43NO4. The molecule has 2 saturated heterocycles. The Bertz CT molecular complexity index is 770. The molecule has 2 aliphatic heterocycles. The minimum Gasteiger partial charge on any atom is -0.332 e. The zero-order valence-corrected chi connectivity index (χ0v) is 20.9. The van der Waals surface area contributed by atoms with Gasteiger partial charge in [-0.3, -0.25) is 19.2 Å². The minimum absolute atomic E-state index is 0.0180. The van der Waals surface area contributed by atoms with Crippen molar-refractivity contribution < 1.29 is 19.2 Å². The van der Waals surface area contributed by atoms with Crippen molar-refractivity contribution in [3.63, 3.8) is 0 Å². The Morgan fingerprint density at radius 3 is 2.27 bits per heavy atom. The van der Waals surface area contributed by atoms with E-state index < -0.39 is 17.7 Å². The van der Waals surface area contributed by atoms with Crippen molar-refractivity contribution >= 4 is 23.3 Å². The molecule has 3 rings (SSSR count). The number of carbonyl (C=O) groups is 4. The Morgan fingerprint density at radius 2 is 1.64 bits per heavy atom. The maximum Gasteiger partial charge on any atom is 0.226 e. The van der Waals surface area contributed by atoms with Gasteiger partial charge in [0, 0.05) is 31.2 Å². The minimum atomic E-state index is -0.557. The number of fused-ring (bicyclic) bond motifs is 3. The molecular weight excluding hydrogens is 414 g/mol. The molecule has 1 amide bonds. The van der Waals surface area contributed by atoms with E-state index in [1.165, 1.54) is 6.42 Å². The highest BCUT2D eigenvalue weighted by molar-refractivity contribution is 6.38. The molecule has 5 heteroatoms. The number of allylic oxidation sites excluding steroid dienone is 1. The van der Waals surface area contributed by atoms with Crippen LogP contribution in [-0.4, -0.2) is 40.7 Å². The molecule has 0 aromatic carbocycles. The molecule has 0 unspecified atom stereocenters. The molecule has 184 valence electrons. The van der Waals surface area contributed by atoms with E-state index in [1.807, 2.05) is 11.8 Å². The fourth-order valence-electron chi connectivity index (χ4n) is 6.29. The first-order valence-electron chi connectivity index (χ1n) is 13.2. The topological polar surface area (TPSA) is 71.5 Å². The quantitative estimate of drug-likeness (QED) is 0.414. The van der Waals surface area contributed by atoms with Crippen molar-refractivity contribution in [3.8, 4) is 0 Å². The number of Topliss-reactive ketones (excluding diaryl/α,β-unsaturated/α-hetero) is 3. The summed E-state index contributed by atoms with van der Waals surface area (Å²) in [6.07, 6.45) is 11.3. The van der Waals surface area contributed by atoms with E-state index in [0.29, 0.717) is 25.3 Å². The molecule has 0 aromatic rings. The molecule has 0 aromatic heterocycles. The number of nitrogens with zero attached hydrogens (tertiary/aromatic N) is 1. The molecule has 0 radical (unpaired) electrons. The number of carbonyl (C=O) groups excluding carboxylic acids is 4. The van der Waals surface area contributed by atoms with E-state index >= 15 is 0 Å². The van der Waals surface area contributed by atoms with E-state index in [0.717, 1.165) is 44.9 Å². The molecule has 0 spiro atoms. The van der Waals surface area contributed by atoms with E-state index in [2.05, 4.69) is 20.4 Å². The maximum absolute atomic E-state index is 13.6. The number of ketones is 3. The highest BCUT2D eigenvalue weighted by Crippen LogP contribution is 2.65. The van der Waals surface area contributed by atoms with Crippen LogP contribution in [0.2, 0.25) is 0 Å². The summed E-state index contributed by atoms with van der Waals surface area (Å²) in [6, 6.07) is -0.438. The molecule has 3 aliphatic rings. The third-order valence-electron chi connectivity index (χ3n) is 8.60. The lowest BCUT2D eigenvalue weighted by Crippen LogP contribution is -2.48. The summed E-state index contributed by atoms with van der Waals surface area (Å²) in [5.41, 5.74) is 0.0560. The SMILES string of the molecule is C=CCCC(=O)C(=O)[C@@H]1CCCCCCCCC[C@H](C)C(=O)N2C[C@H]3[C@@H]([C@H]2C(=O)C1)C3(C)C. The normalized spacial score (nSPS) is 33.2. The Hall–Kier alpha value is -1.78. The average molecular weight is 458 g/mol. The van der Waals surface area contributed by atoms with Gasteiger partial charge in [0.25, 0.3) is 0 Å². The molecule has 1 aliphatic carbocycles. The number of amides is 1. The molecule has 1 saturated carbocycles. The zero-order valence-electron chi connectivity index (χ0n) is 20.9. The second-order valence-corrected chi connectivity index (χ2v) is 11.3. The fraction of sp³-hybridized carbons (Fsp3) is 0.786. The van der Waals surface area contributed by atoms with Crippen LogP contribution in [-0.2, 0) is 19.2 Å². The monoisotopic (exact) mass is 457 g/mol. The number of piperidine rings is 1. The van der Waals surface area contributed by atoms with Gasteiger partial charge in [-0.1, -0.05) is 71.8 Å². The third kappa shape index (κ3) is 5.84. The summed E-state index contributed by atoms with van der Waals surface area (Å²) in [5.74, 6) is -0.823. The van der Waals surface area contributed by atoms with Gasteiger partial charge >= 0.3 is 0 Å². The first-order valence-corrected chi connectivity index (χ1v) is 13.2. The van der Waals surface area contributed by atoms with Crippen LogP contribution in [0.1, 0.15) is 97.8 Å². The van der Waals surface area contributed by atoms with Crippen LogP contribution >= 0.6 is 0 Å².